The van der Waals surface area contributed by atoms with E-state index in [4.69, 9.17) is 15.2 Å². The summed E-state index contributed by atoms with van der Waals surface area (Å²) >= 11 is 0. The SMILES string of the molecule is CCCCCCC(=O)O[C@H](C)[C@@H](C)OC(=O)[C@@H](N)Cc1ccc(O)c(O)c1. The number of carbonyl (C=O) groups excluding carboxylic acids is 2. The summed E-state index contributed by atoms with van der Waals surface area (Å²) < 4.78 is 10.6. The van der Waals surface area contributed by atoms with Gasteiger partial charge in [-0.05, 0) is 44.4 Å². The van der Waals surface area contributed by atoms with E-state index in [1.165, 1.54) is 12.1 Å². The zero-order valence-corrected chi connectivity index (χ0v) is 16.3. The Morgan fingerprint density at radius 1 is 1.04 bits per heavy atom. The van der Waals surface area contributed by atoms with Crippen molar-refractivity contribution in [3.8, 4) is 11.5 Å². The minimum atomic E-state index is -0.937. The number of nitrogens with two attached hydrogens (primary N) is 1. The molecule has 0 heterocycles. The van der Waals surface area contributed by atoms with Crippen LogP contribution in [0.5, 0.6) is 11.5 Å². The van der Waals surface area contributed by atoms with E-state index in [-0.39, 0.29) is 23.9 Å². The lowest BCUT2D eigenvalue weighted by Crippen LogP contribution is -2.39. The largest absolute Gasteiger partial charge is 0.504 e. The van der Waals surface area contributed by atoms with Crippen LogP contribution in [0.1, 0.15) is 58.4 Å². The summed E-state index contributed by atoms with van der Waals surface area (Å²) in [7, 11) is 0. The number of rotatable bonds is 11. The van der Waals surface area contributed by atoms with E-state index in [2.05, 4.69) is 6.92 Å². The lowest BCUT2D eigenvalue weighted by atomic mass is 10.1. The maximum absolute atomic E-state index is 12.1. The monoisotopic (exact) mass is 381 g/mol. The average molecular weight is 381 g/mol. The summed E-state index contributed by atoms with van der Waals surface area (Å²) in [5.41, 5.74) is 6.45. The van der Waals surface area contributed by atoms with Crippen LogP contribution in [0.3, 0.4) is 0 Å². The van der Waals surface area contributed by atoms with Gasteiger partial charge in [-0.1, -0.05) is 32.3 Å². The number of hydrogen-bond acceptors (Lipinski definition) is 7. The fourth-order valence-corrected chi connectivity index (χ4v) is 2.46. The Labute approximate surface area is 160 Å². The molecule has 1 rings (SSSR count). The van der Waals surface area contributed by atoms with E-state index >= 15 is 0 Å². The van der Waals surface area contributed by atoms with E-state index in [0.29, 0.717) is 12.0 Å². The van der Waals surface area contributed by atoms with E-state index in [0.717, 1.165) is 25.7 Å². The van der Waals surface area contributed by atoms with Gasteiger partial charge in [0.2, 0.25) is 0 Å². The lowest BCUT2D eigenvalue weighted by molar-refractivity contribution is -0.166. The van der Waals surface area contributed by atoms with Gasteiger partial charge >= 0.3 is 11.9 Å². The van der Waals surface area contributed by atoms with Crippen molar-refractivity contribution in [2.75, 3.05) is 0 Å². The van der Waals surface area contributed by atoms with Crippen molar-refractivity contribution in [3.63, 3.8) is 0 Å². The molecule has 4 N–H and O–H groups in total. The maximum Gasteiger partial charge on any atom is 0.323 e. The molecule has 0 aliphatic rings. The molecule has 0 saturated carbocycles. The Morgan fingerprint density at radius 2 is 1.70 bits per heavy atom. The first-order valence-electron chi connectivity index (χ1n) is 9.41. The summed E-state index contributed by atoms with van der Waals surface area (Å²) in [5, 5.41) is 18.8. The molecule has 0 fully saturated rings. The molecule has 27 heavy (non-hydrogen) atoms. The van der Waals surface area contributed by atoms with Crippen LogP contribution in [0.4, 0.5) is 0 Å². The number of aromatic hydroxyl groups is 2. The molecule has 0 unspecified atom stereocenters. The molecule has 3 atom stereocenters. The van der Waals surface area contributed by atoms with Gasteiger partial charge in [-0.3, -0.25) is 9.59 Å². The molecule has 1 aromatic carbocycles. The van der Waals surface area contributed by atoms with Crippen LogP contribution in [0.2, 0.25) is 0 Å². The normalized spacial score (nSPS) is 14.2. The third-order valence-electron chi connectivity index (χ3n) is 4.31. The number of ether oxygens (including phenoxy) is 2. The minimum Gasteiger partial charge on any atom is -0.504 e. The Hall–Kier alpha value is -2.28. The van der Waals surface area contributed by atoms with Crippen LogP contribution in [-0.2, 0) is 25.5 Å². The molecule has 0 aromatic heterocycles. The first kappa shape index (κ1) is 22.8. The van der Waals surface area contributed by atoms with Gasteiger partial charge in [0.15, 0.2) is 11.5 Å². The molecular formula is C20H31NO6. The standard InChI is InChI=1S/C20H31NO6/c1-4-5-6-7-8-19(24)26-13(2)14(3)27-20(25)16(21)11-15-9-10-17(22)18(23)12-15/h9-10,12-14,16,22-23H,4-8,11,21H2,1-3H3/t13-,14-,16+/m1/s1. The van der Waals surface area contributed by atoms with E-state index in [1.54, 1.807) is 19.9 Å². The smallest absolute Gasteiger partial charge is 0.323 e. The molecule has 0 radical (unpaired) electrons. The zero-order valence-electron chi connectivity index (χ0n) is 16.3. The topological polar surface area (TPSA) is 119 Å². The third kappa shape index (κ3) is 8.30. The fraction of sp³-hybridized carbons (Fsp3) is 0.600. The predicted molar refractivity (Wildman–Crippen MR) is 101 cm³/mol. The second kappa shape index (κ2) is 11.4. The summed E-state index contributed by atoms with van der Waals surface area (Å²) in [4.78, 5) is 24.0. The van der Waals surface area contributed by atoms with Crippen LogP contribution >= 0.6 is 0 Å². The van der Waals surface area contributed by atoms with Crippen LogP contribution in [0.25, 0.3) is 0 Å². The van der Waals surface area contributed by atoms with Crippen LogP contribution in [-0.4, -0.2) is 40.4 Å². The van der Waals surface area contributed by atoms with Crippen molar-refractivity contribution < 1.29 is 29.3 Å². The molecule has 7 nitrogen and oxygen atoms in total. The Bertz CT molecular complexity index is 618. The maximum atomic E-state index is 12.1. The first-order valence-corrected chi connectivity index (χ1v) is 9.41. The molecule has 0 spiro atoms. The predicted octanol–water partition coefficient (Wildman–Crippen LogP) is 2.80. The molecular weight excluding hydrogens is 350 g/mol. The summed E-state index contributed by atoms with van der Waals surface area (Å²) in [6.07, 6.45) is 3.27. The second-order valence-corrected chi connectivity index (χ2v) is 6.78. The van der Waals surface area contributed by atoms with Crippen molar-refractivity contribution in [2.45, 2.75) is 77.5 Å². The van der Waals surface area contributed by atoms with E-state index in [9.17, 15) is 19.8 Å². The molecule has 7 heteroatoms. The highest BCUT2D eigenvalue weighted by molar-refractivity contribution is 5.76. The highest BCUT2D eigenvalue weighted by atomic mass is 16.6. The van der Waals surface area contributed by atoms with E-state index in [1.807, 2.05) is 0 Å². The summed E-state index contributed by atoms with van der Waals surface area (Å²) in [5.74, 6) is -1.44. The molecule has 0 saturated heterocycles. The van der Waals surface area contributed by atoms with Gasteiger partial charge in [0, 0.05) is 6.42 Å². The quantitative estimate of drug-likeness (QED) is 0.306. The number of carbonyl (C=O) groups is 2. The Kier molecular flexibility index (Phi) is 9.64. The van der Waals surface area contributed by atoms with Crippen molar-refractivity contribution in [1.82, 2.24) is 0 Å². The fourth-order valence-electron chi connectivity index (χ4n) is 2.46. The molecule has 0 aliphatic carbocycles. The van der Waals surface area contributed by atoms with Gasteiger partial charge in [0.05, 0.1) is 0 Å². The van der Waals surface area contributed by atoms with Crippen LogP contribution in [0, 0.1) is 0 Å². The second-order valence-electron chi connectivity index (χ2n) is 6.78. The van der Waals surface area contributed by atoms with Gasteiger partial charge in [-0.25, -0.2) is 0 Å². The highest BCUT2D eigenvalue weighted by Crippen LogP contribution is 2.25. The molecule has 152 valence electrons. The molecule has 0 bridgehead atoms. The van der Waals surface area contributed by atoms with Gasteiger partial charge in [0.1, 0.15) is 18.2 Å². The Morgan fingerprint density at radius 3 is 2.33 bits per heavy atom. The van der Waals surface area contributed by atoms with Crippen molar-refractivity contribution >= 4 is 11.9 Å². The number of benzene rings is 1. The number of esters is 2. The van der Waals surface area contributed by atoms with Crippen LogP contribution in [0.15, 0.2) is 18.2 Å². The highest BCUT2D eigenvalue weighted by Gasteiger charge is 2.24. The number of hydrogen-bond donors (Lipinski definition) is 3. The molecule has 0 aliphatic heterocycles. The average Bonchev–Trinajstić information content (AvgIpc) is 2.61. The van der Waals surface area contributed by atoms with Gasteiger partial charge in [-0.2, -0.15) is 0 Å². The van der Waals surface area contributed by atoms with Crippen molar-refractivity contribution in [3.05, 3.63) is 23.8 Å². The van der Waals surface area contributed by atoms with Crippen LogP contribution < -0.4 is 5.73 Å². The van der Waals surface area contributed by atoms with E-state index < -0.39 is 24.2 Å². The summed E-state index contributed by atoms with van der Waals surface area (Å²) in [6.45, 7) is 5.42. The first-order chi connectivity index (χ1) is 12.7. The van der Waals surface area contributed by atoms with Crippen molar-refractivity contribution in [2.24, 2.45) is 5.73 Å². The van der Waals surface area contributed by atoms with Gasteiger partial charge in [-0.15, -0.1) is 0 Å². The Balaban J connectivity index is 2.42. The number of unbranched alkanes of at least 4 members (excludes halogenated alkanes) is 3. The number of phenolic OH excluding ortho intramolecular Hbond substituents is 2. The lowest BCUT2D eigenvalue weighted by Gasteiger charge is -2.22. The van der Waals surface area contributed by atoms with Gasteiger partial charge in [0.25, 0.3) is 0 Å². The zero-order chi connectivity index (χ0) is 20.4. The summed E-state index contributed by atoms with van der Waals surface area (Å²) in [6, 6.07) is 3.30. The molecule has 0 amide bonds. The number of phenols is 2. The minimum absolute atomic E-state index is 0.144. The van der Waals surface area contributed by atoms with Crippen molar-refractivity contribution in [1.29, 1.82) is 0 Å². The third-order valence-corrected chi connectivity index (χ3v) is 4.31. The van der Waals surface area contributed by atoms with Gasteiger partial charge < -0.3 is 25.4 Å². The molecule has 1 aromatic rings.